The Bertz CT molecular complexity index is 375. The topological polar surface area (TPSA) is 49.2 Å². The van der Waals surface area contributed by atoms with Crippen LogP contribution < -0.4 is 4.90 Å². The van der Waals surface area contributed by atoms with E-state index in [0.29, 0.717) is 11.8 Å². The molecule has 1 aromatic heterocycles. The van der Waals surface area contributed by atoms with Gasteiger partial charge in [0.15, 0.2) is 0 Å². The second-order valence-corrected chi connectivity index (χ2v) is 5.30. The maximum atomic E-state index is 9.27. The Morgan fingerprint density at radius 2 is 2.18 bits per heavy atom. The van der Waals surface area contributed by atoms with Crippen LogP contribution in [0.1, 0.15) is 38.4 Å². The van der Waals surface area contributed by atoms with E-state index in [-0.39, 0.29) is 6.10 Å². The minimum atomic E-state index is -0.0787. The molecule has 0 unspecified atom stereocenters. The van der Waals surface area contributed by atoms with Crippen molar-refractivity contribution in [2.45, 2.75) is 38.7 Å². The van der Waals surface area contributed by atoms with E-state index in [0.717, 1.165) is 31.0 Å². The van der Waals surface area contributed by atoms with Crippen LogP contribution in [0.5, 0.6) is 0 Å². The van der Waals surface area contributed by atoms with Crippen LogP contribution in [0.3, 0.4) is 0 Å². The molecule has 0 bridgehead atoms. The van der Waals surface area contributed by atoms with Gasteiger partial charge < -0.3 is 10.0 Å². The third-order valence-electron chi connectivity index (χ3n) is 3.31. The lowest BCUT2D eigenvalue weighted by Gasteiger charge is -2.34. The maximum Gasteiger partial charge on any atom is 0.133 e. The van der Waals surface area contributed by atoms with Crippen molar-refractivity contribution in [3.05, 3.63) is 18.1 Å². The Balaban J connectivity index is 1.98. The van der Waals surface area contributed by atoms with Gasteiger partial charge in [-0.05, 0) is 24.8 Å². The number of rotatable bonds is 4. The number of hydrogen-bond donors (Lipinski definition) is 1. The van der Waals surface area contributed by atoms with Crippen LogP contribution in [0.15, 0.2) is 12.3 Å². The SMILES string of the molecule is CC(C)c1nccc(N(C)CC2CC(O)C2)n1. The summed E-state index contributed by atoms with van der Waals surface area (Å²) in [6.45, 7) is 5.16. The highest BCUT2D eigenvalue weighted by Gasteiger charge is 2.28. The molecule has 0 saturated heterocycles. The first kappa shape index (κ1) is 12.3. The first-order valence-corrected chi connectivity index (χ1v) is 6.28. The number of nitrogens with zero attached hydrogens (tertiary/aromatic N) is 3. The van der Waals surface area contributed by atoms with E-state index in [1.165, 1.54) is 0 Å². The fourth-order valence-corrected chi connectivity index (χ4v) is 2.18. The lowest BCUT2D eigenvalue weighted by atomic mass is 9.82. The van der Waals surface area contributed by atoms with Crippen LogP contribution in [-0.4, -0.2) is 34.8 Å². The van der Waals surface area contributed by atoms with Gasteiger partial charge in [0.05, 0.1) is 6.10 Å². The van der Waals surface area contributed by atoms with Crippen LogP contribution in [0.4, 0.5) is 5.82 Å². The zero-order chi connectivity index (χ0) is 12.4. The third kappa shape index (κ3) is 2.94. The minimum Gasteiger partial charge on any atom is -0.393 e. The highest BCUT2D eigenvalue weighted by molar-refractivity contribution is 5.36. The maximum absolute atomic E-state index is 9.27. The minimum absolute atomic E-state index is 0.0787. The first-order chi connectivity index (χ1) is 8.06. The summed E-state index contributed by atoms with van der Waals surface area (Å²) >= 11 is 0. The molecular formula is C13H21N3O. The molecule has 1 aliphatic rings. The summed E-state index contributed by atoms with van der Waals surface area (Å²) in [5, 5.41) is 9.27. The average molecular weight is 235 g/mol. The zero-order valence-electron chi connectivity index (χ0n) is 10.8. The number of aromatic nitrogens is 2. The fraction of sp³-hybridized carbons (Fsp3) is 0.692. The van der Waals surface area contributed by atoms with Crippen molar-refractivity contribution in [1.29, 1.82) is 0 Å². The Morgan fingerprint density at radius 3 is 2.76 bits per heavy atom. The third-order valence-corrected chi connectivity index (χ3v) is 3.31. The second-order valence-electron chi connectivity index (χ2n) is 5.30. The Kier molecular flexibility index (Phi) is 3.62. The molecule has 1 fully saturated rings. The monoisotopic (exact) mass is 235 g/mol. The van der Waals surface area contributed by atoms with E-state index in [1.807, 2.05) is 12.3 Å². The second kappa shape index (κ2) is 5.00. The summed E-state index contributed by atoms with van der Waals surface area (Å²) < 4.78 is 0. The van der Waals surface area contributed by atoms with Crippen LogP contribution >= 0.6 is 0 Å². The molecule has 0 aliphatic heterocycles. The van der Waals surface area contributed by atoms with Crippen molar-refractivity contribution in [3.8, 4) is 0 Å². The van der Waals surface area contributed by atoms with Gasteiger partial charge in [-0.25, -0.2) is 9.97 Å². The molecule has 0 amide bonds. The lowest BCUT2D eigenvalue weighted by Crippen LogP contribution is -2.37. The molecule has 2 rings (SSSR count). The molecule has 4 heteroatoms. The predicted octanol–water partition coefficient (Wildman–Crippen LogP) is 1.81. The summed E-state index contributed by atoms with van der Waals surface area (Å²) in [6, 6.07) is 1.95. The summed E-state index contributed by atoms with van der Waals surface area (Å²) in [6.07, 6.45) is 3.59. The van der Waals surface area contributed by atoms with Gasteiger partial charge in [0.2, 0.25) is 0 Å². The van der Waals surface area contributed by atoms with Crippen LogP contribution in [0.2, 0.25) is 0 Å². The van der Waals surface area contributed by atoms with Gasteiger partial charge in [0.1, 0.15) is 11.6 Å². The molecule has 1 saturated carbocycles. The van der Waals surface area contributed by atoms with Crippen molar-refractivity contribution in [3.63, 3.8) is 0 Å². The average Bonchev–Trinajstić information content (AvgIpc) is 2.27. The fourth-order valence-electron chi connectivity index (χ4n) is 2.18. The molecule has 1 aromatic rings. The van der Waals surface area contributed by atoms with Gasteiger partial charge in [0.25, 0.3) is 0 Å². The molecule has 0 aromatic carbocycles. The summed E-state index contributed by atoms with van der Waals surface area (Å²) in [5.74, 6) is 2.83. The van der Waals surface area contributed by atoms with E-state index in [9.17, 15) is 5.11 Å². The highest BCUT2D eigenvalue weighted by Crippen LogP contribution is 2.28. The number of aliphatic hydroxyl groups is 1. The molecule has 1 aliphatic carbocycles. The van der Waals surface area contributed by atoms with Crippen molar-refractivity contribution >= 4 is 5.82 Å². The molecule has 0 atom stereocenters. The number of aliphatic hydroxyl groups excluding tert-OH is 1. The van der Waals surface area contributed by atoms with Crippen molar-refractivity contribution in [1.82, 2.24) is 9.97 Å². The molecule has 0 radical (unpaired) electrons. The van der Waals surface area contributed by atoms with E-state index in [4.69, 9.17) is 0 Å². The zero-order valence-corrected chi connectivity index (χ0v) is 10.8. The van der Waals surface area contributed by atoms with Crippen molar-refractivity contribution in [2.75, 3.05) is 18.5 Å². The van der Waals surface area contributed by atoms with E-state index < -0.39 is 0 Å². The Labute approximate surface area is 103 Å². The summed E-state index contributed by atoms with van der Waals surface area (Å²) in [5.41, 5.74) is 0. The molecule has 17 heavy (non-hydrogen) atoms. The number of hydrogen-bond acceptors (Lipinski definition) is 4. The molecule has 1 N–H and O–H groups in total. The van der Waals surface area contributed by atoms with E-state index in [1.54, 1.807) is 0 Å². The van der Waals surface area contributed by atoms with Crippen molar-refractivity contribution < 1.29 is 5.11 Å². The lowest BCUT2D eigenvalue weighted by molar-refractivity contribution is 0.0464. The van der Waals surface area contributed by atoms with Gasteiger partial charge in [-0.3, -0.25) is 0 Å². The van der Waals surface area contributed by atoms with Gasteiger partial charge in [0, 0.05) is 25.7 Å². The first-order valence-electron chi connectivity index (χ1n) is 6.28. The van der Waals surface area contributed by atoms with Gasteiger partial charge in [-0.1, -0.05) is 13.8 Å². The quantitative estimate of drug-likeness (QED) is 0.864. The predicted molar refractivity (Wildman–Crippen MR) is 68.1 cm³/mol. The van der Waals surface area contributed by atoms with Gasteiger partial charge in [-0.2, -0.15) is 0 Å². The van der Waals surface area contributed by atoms with E-state index >= 15 is 0 Å². The molecule has 0 spiro atoms. The molecule has 1 heterocycles. The molecule has 94 valence electrons. The smallest absolute Gasteiger partial charge is 0.133 e. The Morgan fingerprint density at radius 1 is 1.47 bits per heavy atom. The van der Waals surface area contributed by atoms with Crippen LogP contribution in [-0.2, 0) is 0 Å². The number of anilines is 1. The largest absolute Gasteiger partial charge is 0.393 e. The van der Waals surface area contributed by atoms with Crippen molar-refractivity contribution in [2.24, 2.45) is 5.92 Å². The summed E-state index contributed by atoms with van der Waals surface area (Å²) in [7, 11) is 2.05. The molecular weight excluding hydrogens is 214 g/mol. The summed E-state index contributed by atoms with van der Waals surface area (Å²) in [4.78, 5) is 11.0. The van der Waals surface area contributed by atoms with Gasteiger partial charge >= 0.3 is 0 Å². The standard InChI is InChI=1S/C13H21N3O/c1-9(2)13-14-5-4-12(15-13)16(3)8-10-6-11(17)7-10/h4-5,9-11,17H,6-8H2,1-3H3. The van der Waals surface area contributed by atoms with E-state index in [2.05, 4.69) is 35.8 Å². The molecule has 4 nitrogen and oxygen atoms in total. The highest BCUT2D eigenvalue weighted by atomic mass is 16.3. The van der Waals surface area contributed by atoms with Crippen LogP contribution in [0, 0.1) is 5.92 Å². The van der Waals surface area contributed by atoms with Crippen LogP contribution in [0.25, 0.3) is 0 Å². The van der Waals surface area contributed by atoms with Gasteiger partial charge in [-0.15, -0.1) is 0 Å². The normalized spacial score (nSPS) is 23.6. The Hall–Kier alpha value is -1.16.